The van der Waals surface area contributed by atoms with Crippen LogP contribution in [0.4, 0.5) is 11.5 Å². The lowest BCUT2D eigenvalue weighted by atomic mass is 10.1. The first kappa shape index (κ1) is 11.0. The fraction of sp³-hybridized carbons (Fsp3) is 0.300. The van der Waals surface area contributed by atoms with Gasteiger partial charge in [0.25, 0.3) is 0 Å². The molecule has 0 aromatic carbocycles. The molecule has 0 aliphatic carbocycles. The molecule has 1 heterocycles. The molecule has 0 saturated carbocycles. The summed E-state index contributed by atoms with van der Waals surface area (Å²) in [5.41, 5.74) is -0.321. The van der Waals surface area contributed by atoms with Gasteiger partial charge in [-0.3, -0.25) is 0 Å². The summed E-state index contributed by atoms with van der Waals surface area (Å²) in [4.78, 5) is 13.8. The van der Waals surface area contributed by atoms with Crippen LogP contribution in [0, 0.1) is 22.5 Å². The summed E-state index contributed by atoms with van der Waals surface area (Å²) in [5, 5.41) is 13.5. The Hall–Kier alpha value is -2.09. The fourth-order valence-electron chi connectivity index (χ4n) is 1.01. The number of nitrogens with one attached hydrogen (secondary N) is 1. The molecule has 0 radical (unpaired) electrons. The third kappa shape index (κ3) is 2.68. The van der Waals surface area contributed by atoms with Gasteiger partial charge < -0.3 is 15.4 Å². The zero-order valence-electron chi connectivity index (χ0n) is 8.52. The molecule has 1 N–H and O–H groups in total. The van der Waals surface area contributed by atoms with Gasteiger partial charge in [-0.15, -0.1) is 6.42 Å². The Morgan fingerprint density at radius 2 is 2.33 bits per heavy atom. The van der Waals surface area contributed by atoms with E-state index in [1.165, 1.54) is 6.20 Å². The standard InChI is InChI=1S/C10H11N3O2/c1-4-10(2,3)12-8-6-5-7-11-9(8)13(14)15/h1,5-7,12H,2-3H3. The van der Waals surface area contributed by atoms with Crippen LogP contribution in [0.1, 0.15) is 13.8 Å². The smallest absolute Gasteiger partial charge is 0.363 e. The molecule has 78 valence electrons. The number of nitrogens with zero attached hydrogens (tertiary/aromatic N) is 2. The van der Waals surface area contributed by atoms with Crippen LogP contribution in [-0.4, -0.2) is 15.4 Å². The lowest BCUT2D eigenvalue weighted by Crippen LogP contribution is -2.28. The summed E-state index contributed by atoms with van der Waals surface area (Å²) in [5.74, 6) is 2.27. The minimum absolute atomic E-state index is 0.221. The third-order valence-corrected chi connectivity index (χ3v) is 1.77. The highest BCUT2D eigenvalue weighted by molar-refractivity contribution is 5.59. The predicted molar refractivity (Wildman–Crippen MR) is 57.4 cm³/mol. The number of hydrogen-bond donors (Lipinski definition) is 1. The lowest BCUT2D eigenvalue weighted by molar-refractivity contribution is -0.388. The number of anilines is 1. The summed E-state index contributed by atoms with van der Waals surface area (Å²) in [6.45, 7) is 3.51. The first-order valence-electron chi connectivity index (χ1n) is 4.31. The minimum Gasteiger partial charge on any atom is -0.363 e. The highest BCUT2D eigenvalue weighted by atomic mass is 16.6. The number of hydrogen-bond acceptors (Lipinski definition) is 4. The van der Waals surface area contributed by atoms with E-state index in [-0.39, 0.29) is 5.82 Å². The Bertz CT molecular complexity index is 421. The Kier molecular flexibility index (Phi) is 2.90. The van der Waals surface area contributed by atoms with E-state index in [1.54, 1.807) is 26.0 Å². The van der Waals surface area contributed by atoms with Crippen LogP contribution in [0.3, 0.4) is 0 Å². The molecule has 0 saturated heterocycles. The molecule has 0 spiro atoms. The molecule has 1 aromatic rings. The second-order valence-electron chi connectivity index (χ2n) is 3.53. The molecule has 0 aliphatic heterocycles. The van der Waals surface area contributed by atoms with Gasteiger partial charge in [-0.05, 0) is 35.9 Å². The second-order valence-corrected chi connectivity index (χ2v) is 3.53. The largest absolute Gasteiger partial charge is 0.386 e. The van der Waals surface area contributed by atoms with Gasteiger partial charge in [0.15, 0.2) is 0 Å². The predicted octanol–water partition coefficient (Wildman–Crippen LogP) is 1.81. The van der Waals surface area contributed by atoms with Crippen molar-refractivity contribution in [1.82, 2.24) is 4.98 Å². The normalized spacial score (nSPS) is 10.5. The van der Waals surface area contributed by atoms with Crippen molar-refractivity contribution in [3.8, 4) is 12.3 Å². The maximum atomic E-state index is 10.6. The molecule has 15 heavy (non-hydrogen) atoms. The summed E-state index contributed by atoms with van der Waals surface area (Å²) in [6, 6.07) is 3.19. The average Bonchev–Trinajstić information content (AvgIpc) is 2.18. The molecule has 1 aromatic heterocycles. The van der Waals surface area contributed by atoms with Crippen molar-refractivity contribution in [3.05, 3.63) is 28.4 Å². The quantitative estimate of drug-likeness (QED) is 0.464. The first-order valence-corrected chi connectivity index (χ1v) is 4.31. The van der Waals surface area contributed by atoms with Gasteiger partial charge in [0, 0.05) is 0 Å². The van der Waals surface area contributed by atoms with Crippen molar-refractivity contribution in [1.29, 1.82) is 0 Å². The van der Waals surface area contributed by atoms with Gasteiger partial charge in [-0.25, -0.2) is 0 Å². The van der Waals surface area contributed by atoms with Crippen LogP contribution in [0.2, 0.25) is 0 Å². The van der Waals surface area contributed by atoms with Gasteiger partial charge in [0.2, 0.25) is 0 Å². The monoisotopic (exact) mass is 205 g/mol. The highest BCUT2D eigenvalue weighted by Gasteiger charge is 2.20. The van der Waals surface area contributed by atoms with Gasteiger partial charge in [0.05, 0.1) is 5.54 Å². The topological polar surface area (TPSA) is 68.1 Å². The van der Waals surface area contributed by atoms with Crippen LogP contribution >= 0.6 is 0 Å². The second kappa shape index (κ2) is 3.96. The maximum Gasteiger partial charge on any atom is 0.386 e. The van der Waals surface area contributed by atoms with E-state index < -0.39 is 10.5 Å². The fourth-order valence-corrected chi connectivity index (χ4v) is 1.01. The summed E-state index contributed by atoms with van der Waals surface area (Å²) in [7, 11) is 0. The third-order valence-electron chi connectivity index (χ3n) is 1.77. The summed E-state index contributed by atoms with van der Waals surface area (Å²) >= 11 is 0. The number of aromatic nitrogens is 1. The van der Waals surface area contributed by atoms with Gasteiger partial charge in [-0.2, -0.15) is 0 Å². The van der Waals surface area contributed by atoms with Gasteiger partial charge >= 0.3 is 5.82 Å². The highest BCUT2D eigenvalue weighted by Crippen LogP contribution is 2.23. The van der Waals surface area contributed by atoms with E-state index in [0.29, 0.717) is 5.69 Å². The van der Waals surface area contributed by atoms with Gasteiger partial charge in [-0.1, -0.05) is 5.92 Å². The Morgan fingerprint density at radius 1 is 1.67 bits per heavy atom. The van der Waals surface area contributed by atoms with Crippen molar-refractivity contribution in [2.24, 2.45) is 0 Å². The number of pyridine rings is 1. The average molecular weight is 205 g/mol. The Balaban J connectivity index is 3.06. The molecule has 5 nitrogen and oxygen atoms in total. The molecule has 0 atom stereocenters. The summed E-state index contributed by atoms with van der Waals surface area (Å²) in [6.07, 6.45) is 6.64. The number of nitro groups is 1. The molecule has 1 rings (SSSR count). The first-order chi connectivity index (χ1) is 6.96. The zero-order valence-corrected chi connectivity index (χ0v) is 8.52. The molecule has 5 heteroatoms. The van der Waals surface area contributed by atoms with Crippen molar-refractivity contribution in [3.63, 3.8) is 0 Å². The molecule has 0 bridgehead atoms. The molecule has 0 unspecified atom stereocenters. The molecule has 0 fully saturated rings. The lowest BCUT2D eigenvalue weighted by Gasteiger charge is -2.20. The van der Waals surface area contributed by atoms with Crippen LogP contribution < -0.4 is 5.32 Å². The maximum absolute atomic E-state index is 10.6. The van der Waals surface area contributed by atoms with Crippen molar-refractivity contribution < 1.29 is 4.92 Å². The van der Waals surface area contributed by atoms with E-state index in [4.69, 9.17) is 6.42 Å². The Morgan fingerprint density at radius 3 is 2.87 bits per heavy atom. The molecular weight excluding hydrogens is 194 g/mol. The van der Waals surface area contributed by atoms with E-state index in [1.807, 2.05) is 0 Å². The van der Waals surface area contributed by atoms with Crippen LogP contribution in [0.5, 0.6) is 0 Å². The van der Waals surface area contributed by atoms with E-state index in [2.05, 4.69) is 16.2 Å². The van der Waals surface area contributed by atoms with Crippen molar-refractivity contribution in [2.45, 2.75) is 19.4 Å². The van der Waals surface area contributed by atoms with E-state index >= 15 is 0 Å². The zero-order chi connectivity index (χ0) is 11.5. The molecule has 0 aliphatic rings. The SMILES string of the molecule is C#CC(C)(C)Nc1cccnc1[N+](=O)[O-]. The minimum atomic E-state index is -0.645. The van der Waals surface area contributed by atoms with Crippen LogP contribution in [0.25, 0.3) is 0 Å². The number of rotatable bonds is 3. The van der Waals surface area contributed by atoms with Crippen molar-refractivity contribution in [2.75, 3.05) is 5.32 Å². The van der Waals surface area contributed by atoms with Crippen LogP contribution in [0.15, 0.2) is 18.3 Å². The molecular formula is C10H11N3O2. The van der Waals surface area contributed by atoms with E-state index in [0.717, 1.165) is 0 Å². The molecule has 0 amide bonds. The summed E-state index contributed by atoms with van der Waals surface area (Å²) < 4.78 is 0. The van der Waals surface area contributed by atoms with Crippen molar-refractivity contribution >= 4 is 11.5 Å². The van der Waals surface area contributed by atoms with E-state index in [9.17, 15) is 10.1 Å². The number of terminal acetylenes is 1. The van der Waals surface area contributed by atoms with Gasteiger partial charge in [0.1, 0.15) is 11.9 Å². The Labute approximate surface area is 87.7 Å². The van der Waals surface area contributed by atoms with Crippen LogP contribution in [-0.2, 0) is 0 Å².